The van der Waals surface area contributed by atoms with Gasteiger partial charge >= 0.3 is 0 Å². The third kappa shape index (κ3) is 3.32. The van der Waals surface area contributed by atoms with Crippen LogP contribution in [0.25, 0.3) is 10.9 Å². The van der Waals surface area contributed by atoms with Gasteiger partial charge in [0, 0.05) is 35.0 Å². The third-order valence-electron chi connectivity index (χ3n) is 7.79. The molecule has 0 radical (unpaired) electrons. The zero-order chi connectivity index (χ0) is 24.9. The van der Waals surface area contributed by atoms with Gasteiger partial charge in [0.1, 0.15) is 6.54 Å². The molecule has 0 bridgehead atoms. The second kappa shape index (κ2) is 8.63. The zero-order valence-corrected chi connectivity index (χ0v) is 21.1. The number of fused-ring (bicyclic) bond motifs is 5. The van der Waals surface area contributed by atoms with Gasteiger partial charge in [0.15, 0.2) is 17.0 Å². The number of benzene rings is 2. The number of aromatic nitrogens is 1. The van der Waals surface area contributed by atoms with Crippen molar-refractivity contribution >= 4 is 22.7 Å². The lowest BCUT2D eigenvalue weighted by atomic mass is 9.76. The normalized spacial score (nSPS) is 22.7. The predicted molar refractivity (Wildman–Crippen MR) is 135 cm³/mol. The number of aromatic amines is 1. The largest absolute Gasteiger partial charge is 0.493 e. The Hall–Kier alpha value is -3.48. The van der Waals surface area contributed by atoms with Crippen molar-refractivity contribution in [2.45, 2.75) is 51.6 Å². The molecule has 35 heavy (non-hydrogen) atoms. The number of rotatable bonds is 6. The SMILES string of the molecule is CCOc1c(OC)cccc1[C@H]1CN2C(=O)CN([C@@H](C)CC)C(=O)[C@]2(C)c2[nH]c3ccccc3c21. The van der Waals surface area contributed by atoms with Gasteiger partial charge in [0.2, 0.25) is 5.91 Å². The van der Waals surface area contributed by atoms with Crippen LogP contribution in [0.2, 0.25) is 0 Å². The lowest BCUT2D eigenvalue weighted by molar-refractivity contribution is -0.168. The molecule has 7 nitrogen and oxygen atoms in total. The van der Waals surface area contributed by atoms with Crippen molar-refractivity contribution in [3.63, 3.8) is 0 Å². The minimum absolute atomic E-state index is 0.0149. The smallest absolute Gasteiger partial charge is 0.255 e. The topological polar surface area (TPSA) is 74.9 Å². The van der Waals surface area contributed by atoms with Gasteiger partial charge in [-0.15, -0.1) is 0 Å². The Balaban J connectivity index is 1.78. The number of piperazine rings is 1. The highest BCUT2D eigenvalue weighted by Gasteiger charge is 2.57. The van der Waals surface area contributed by atoms with Gasteiger partial charge in [-0.2, -0.15) is 0 Å². The summed E-state index contributed by atoms with van der Waals surface area (Å²) in [5.41, 5.74) is 2.62. The number of ether oxygens (including phenoxy) is 2. The Morgan fingerprint density at radius 1 is 1.14 bits per heavy atom. The number of methoxy groups -OCH3 is 1. The maximum atomic E-state index is 14.0. The highest BCUT2D eigenvalue weighted by Crippen LogP contribution is 2.50. The number of amides is 2. The first-order chi connectivity index (χ1) is 16.9. The Bertz CT molecular complexity index is 1300. The number of nitrogens with one attached hydrogen (secondary N) is 1. The number of hydrogen-bond donors (Lipinski definition) is 1. The van der Waals surface area contributed by atoms with E-state index < -0.39 is 5.54 Å². The molecule has 1 N–H and O–H groups in total. The fourth-order valence-corrected chi connectivity index (χ4v) is 5.75. The molecule has 2 aliphatic heterocycles. The first-order valence-corrected chi connectivity index (χ1v) is 12.4. The maximum absolute atomic E-state index is 14.0. The highest BCUT2D eigenvalue weighted by molar-refractivity contribution is 6.01. The van der Waals surface area contributed by atoms with Crippen LogP contribution in [0.5, 0.6) is 11.5 Å². The lowest BCUT2D eigenvalue weighted by Gasteiger charge is -2.52. The van der Waals surface area contributed by atoms with E-state index in [-0.39, 0.29) is 30.3 Å². The van der Waals surface area contributed by atoms with Crippen LogP contribution in [0.4, 0.5) is 0 Å². The first-order valence-electron chi connectivity index (χ1n) is 12.4. The molecular weight excluding hydrogens is 442 g/mol. The molecule has 0 spiro atoms. The van der Waals surface area contributed by atoms with E-state index in [9.17, 15) is 9.59 Å². The highest BCUT2D eigenvalue weighted by atomic mass is 16.5. The average molecular weight is 476 g/mol. The summed E-state index contributed by atoms with van der Waals surface area (Å²) in [5.74, 6) is 1.08. The van der Waals surface area contributed by atoms with Crippen molar-refractivity contribution < 1.29 is 19.1 Å². The van der Waals surface area contributed by atoms with Crippen LogP contribution in [0.15, 0.2) is 42.5 Å². The Labute approximate surface area is 206 Å². The molecule has 3 aromatic rings. The van der Waals surface area contributed by atoms with Crippen LogP contribution in [0, 0.1) is 0 Å². The predicted octanol–water partition coefficient (Wildman–Crippen LogP) is 4.41. The number of carbonyl (C=O) groups excluding carboxylic acids is 2. The molecule has 2 aromatic carbocycles. The summed E-state index contributed by atoms with van der Waals surface area (Å²) in [7, 11) is 1.63. The Morgan fingerprint density at radius 3 is 2.63 bits per heavy atom. The van der Waals surface area contributed by atoms with Crippen LogP contribution < -0.4 is 9.47 Å². The fourth-order valence-electron chi connectivity index (χ4n) is 5.75. The van der Waals surface area contributed by atoms with Crippen LogP contribution in [0.3, 0.4) is 0 Å². The molecule has 1 aromatic heterocycles. The Kier molecular flexibility index (Phi) is 5.74. The number of carbonyl (C=O) groups is 2. The minimum Gasteiger partial charge on any atom is -0.493 e. The summed E-state index contributed by atoms with van der Waals surface area (Å²) >= 11 is 0. The van der Waals surface area contributed by atoms with Crippen molar-refractivity contribution in [3.8, 4) is 11.5 Å². The molecule has 1 saturated heterocycles. The Morgan fingerprint density at radius 2 is 1.91 bits per heavy atom. The maximum Gasteiger partial charge on any atom is 0.255 e. The molecular formula is C28H33N3O4. The van der Waals surface area contributed by atoms with Gasteiger partial charge in [-0.1, -0.05) is 37.3 Å². The summed E-state index contributed by atoms with van der Waals surface area (Å²) < 4.78 is 11.7. The van der Waals surface area contributed by atoms with E-state index in [0.29, 0.717) is 24.7 Å². The third-order valence-corrected chi connectivity index (χ3v) is 7.79. The number of nitrogens with zero attached hydrogens (tertiary/aromatic N) is 2. The second-order valence-electron chi connectivity index (χ2n) is 9.59. The molecule has 3 heterocycles. The fraction of sp³-hybridized carbons (Fsp3) is 0.429. The second-order valence-corrected chi connectivity index (χ2v) is 9.59. The van der Waals surface area contributed by atoms with E-state index >= 15 is 0 Å². The zero-order valence-electron chi connectivity index (χ0n) is 21.1. The van der Waals surface area contributed by atoms with E-state index in [1.54, 1.807) is 16.9 Å². The van der Waals surface area contributed by atoms with E-state index in [0.717, 1.165) is 34.1 Å². The van der Waals surface area contributed by atoms with E-state index in [4.69, 9.17) is 9.47 Å². The van der Waals surface area contributed by atoms with Gasteiger partial charge in [0.05, 0.1) is 19.4 Å². The molecule has 1 fully saturated rings. The molecule has 184 valence electrons. The summed E-state index contributed by atoms with van der Waals surface area (Å²) in [5, 5.41) is 1.06. The van der Waals surface area contributed by atoms with E-state index in [1.807, 2.05) is 64.1 Å². The number of hydrogen-bond acceptors (Lipinski definition) is 4. The van der Waals surface area contributed by atoms with Crippen molar-refractivity contribution in [1.82, 2.24) is 14.8 Å². The van der Waals surface area contributed by atoms with E-state index in [1.165, 1.54) is 0 Å². The summed E-state index contributed by atoms with van der Waals surface area (Å²) in [6, 6.07) is 14.0. The first kappa shape index (κ1) is 23.3. The number of H-pyrrole nitrogens is 1. The van der Waals surface area contributed by atoms with Gasteiger partial charge in [-0.05, 0) is 44.9 Å². The summed E-state index contributed by atoms with van der Waals surface area (Å²) in [6.07, 6.45) is 0.790. The number of para-hydroxylation sites is 2. The van der Waals surface area contributed by atoms with Crippen molar-refractivity contribution in [3.05, 3.63) is 59.3 Å². The molecule has 0 unspecified atom stereocenters. The minimum atomic E-state index is -1.10. The molecule has 5 rings (SSSR count). The van der Waals surface area contributed by atoms with Crippen molar-refractivity contribution in [2.24, 2.45) is 0 Å². The van der Waals surface area contributed by atoms with Gasteiger partial charge in [0.25, 0.3) is 5.91 Å². The molecule has 3 atom stereocenters. The lowest BCUT2D eigenvalue weighted by Crippen LogP contribution is -2.68. The van der Waals surface area contributed by atoms with Crippen molar-refractivity contribution in [2.75, 3.05) is 26.8 Å². The molecule has 0 saturated carbocycles. The average Bonchev–Trinajstić information content (AvgIpc) is 3.27. The summed E-state index contributed by atoms with van der Waals surface area (Å²) in [4.78, 5) is 34.7. The van der Waals surface area contributed by atoms with Gasteiger partial charge in [-0.25, -0.2) is 0 Å². The standard InChI is InChI=1S/C28H33N3O4/c1-6-17(3)30-16-23(32)31-15-20(18-12-10-14-22(34-5)25(18)35-7-2)24-19-11-8-9-13-21(19)29-26(24)28(31,4)27(30)33/h8-14,17,20,29H,6-7,15-16H2,1-5H3/t17-,20+,28-/m0/s1. The van der Waals surface area contributed by atoms with Gasteiger partial charge in [-0.3, -0.25) is 9.59 Å². The molecule has 2 aliphatic rings. The van der Waals surface area contributed by atoms with Crippen LogP contribution in [-0.2, 0) is 15.1 Å². The molecule has 7 heteroatoms. The van der Waals surface area contributed by atoms with Gasteiger partial charge < -0.3 is 24.3 Å². The van der Waals surface area contributed by atoms with Crippen LogP contribution in [0.1, 0.15) is 56.9 Å². The summed E-state index contributed by atoms with van der Waals surface area (Å²) in [6.45, 7) is 8.86. The monoisotopic (exact) mass is 475 g/mol. The molecule has 2 amide bonds. The quantitative estimate of drug-likeness (QED) is 0.573. The van der Waals surface area contributed by atoms with Crippen molar-refractivity contribution in [1.29, 1.82) is 0 Å². The van der Waals surface area contributed by atoms with Crippen LogP contribution in [-0.4, -0.2) is 59.4 Å². The van der Waals surface area contributed by atoms with E-state index in [2.05, 4.69) is 11.1 Å². The van der Waals surface area contributed by atoms with Crippen LogP contribution >= 0.6 is 0 Å². The molecule has 0 aliphatic carbocycles.